The highest BCUT2D eigenvalue weighted by Crippen LogP contribution is 2.28. The summed E-state index contributed by atoms with van der Waals surface area (Å²) < 4.78 is 0. The van der Waals surface area contributed by atoms with Gasteiger partial charge in [0.15, 0.2) is 0 Å². The fourth-order valence-corrected chi connectivity index (χ4v) is 2.34. The normalized spacial score (nSPS) is 10.6. The molecule has 0 atom stereocenters. The van der Waals surface area contributed by atoms with Crippen LogP contribution >= 0.6 is 0 Å². The van der Waals surface area contributed by atoms with Gasteiger partial charge in [0.2, 0.25) is 0 Å². The number of aromatic nitrogens is 2. The lowest BCUT2D eigenvalue weighted by Gasteiger charge is -2.14. The van der Waals surface area contributed by atoms with Crippen molar-refractivity contribution in [3.63, 3.8) is 0 Å². The number of anilines is 1. The van der Waals surface area contributed by atoms with E-state index in [4.69, 9.17) is 4.98 Å². The van der Waals surface area contributed by atoms with Crippen LogP contribution in [0.1, 0.15) is 37.2 Å². The lowest BCUT2D eigenvalue weighted by atomic mass is 10.0. The third-order valence-electron chi connectivity index (χ3n) is 3.41. The van der Waals surface area contributed by atoms with Crippen LogP contribution in [0.2, 0.25) is 0 Å². The van der Waals surface area contributed by atoms with Crippen LogP contribution in [0.5, 0.6) is 0 Å². The molecule has 2 aromatic rings. The minimum absolute atomic E-state index is 0.872. The van der Waals surface area contributed by atoms with Crippen molar-refractivity contribution in [3.05, 3.63) is 41.2 Å². The predicted molar refractivity (Wildman–Crippen MR) is 85.1 cm³/mol. The summed E-state index contributed by atoms with van der Waals surface area (Å²) in [5, 5.41) is 3.35. The van der Waals surface area contributed by atoms with Crippen LogP contribution in [-0.2, 0) is 6.42 Å². The number of aryl methyl sites for hydroxylation is 2. The summed E-state index contributed by atoms with van der Waals surface area (Å²) in [6, 6.07) is 8.39. The van der Waals surface area contributed by atoms with E-state index < -0.39 is 0 Å². The first kappa shape index (κ1) is 14.5. The standard InChI is InChI=1S/C17H23N3/c1-5-9-15-19-16(13(4)17(20-15)18-6-2)14-11-8-7-10-12(14)3/h7-8,10-11H,5-6,9H2,1-4H3,(H,18,19,20). The minimum Gasteiger partial charge on any atom is -0.370 e. The van der Waals surface area contributed by atoms with E-state index in [0.717, 1.165) is 42.3 Å². The Morgan fingerprint density at radius 1 is 1.05 bits per heavy atom. The van der Waals surface area contributed by atoms with E-state index in [1.54, 1.807) is 0 Å². The lowest BCUT2D eigenvalue weighted by molar-refractivity contribution is 0.833. The van der Waals surface area contributed by atoms with E-state index in [1.165, 1.54) is 11.1 Å². The van der Waals surface area contributed by atoms with E-state index in [0.29, 0.717) is 0 Å². The van der Waals surface area contributed by atoms with Crippen LogP contribution in [0, 0.1) is 13.8 Å². The molecule has 1 aromatic carbocycles. The van der Waals surface area contributed by atoms with E-state index in [9.17, 15) is 0 Å². The summed E-state index contributed by atoms with van der Waals surface area (Å²) in [4.78, 5) is 9.43. The van der Waals surface area contributed by atoms with Gasteiger partial charge in [0.1, 0.15) is 11.6 Å². The van der Waals surface area contributed by atoms with Crippen molar-refractivity contribution in [2.24, 2.45) is 0 Å². The van der Waals surface area contributed by atoms with Gasteiger partial charge < -0.3 is 5.32 Å². The van der Waals surface area contributed by atoms with Gasteiger partial charge >= 0.3 is 0 Å². The first-order chi connectivity index (χ1) is 9.67. The van der Waals surface area contributed by atoms with Gasteiger partial charge in [0, 0.05) is 24.1 Å². The van der Waals surface area contributed by atoms with Gasteiger partial charge in [-0.1, -0.05) is 31.2 Å². The smallest absolute Gasteiger partial charge is 0.133 e. The van der Waals surface area contributed by atoms with Crippen molar-refractivity contribution < 1.29 is 0 Å². The van der Waals surface area contributed by atoms with Crippen molar-refractivity contribution in [2.75, 3.05) is 11.9 Å². The summed E-state index contributed by atoms with van der Waals surface area (Å²) in [6.07, 6.45) is 1.97. The number of nitrogens with one attached hydrogen (secondary N) is 1. The average Bonchev–Trinajstić information content (AvgIpc) is 2.44. The summed E-state index contributed by atoms with van der Waals surface area (Å²) in [7, 11) is 0. The van der Waals surface area contributed by atoms with Crippen molar-refractivity contribution >= 4 is 5.82 Å². The fourth-order valence-electron chi connectivity index (χ4n) is 2.34. The van der Waals surface area contributed by atoms with Crippen LogP contribution in [0.3, 0.4) is 0 Å². The highest BCUT2D eigenvalue weighted by Gasteiger charge is 2.13. The van der Waals surface area contributed by atoms with Crippen LogP contribution in [0.25, 0.3) is 11.3 Å². The lowest BCUT2D eigenvalue weighted by Crippen LogP contribution is -2.08. The predicted octanol–water partition coefficient (Wildman–Crippen LogP) is 4.14. The number of hydrogen-bond donors (Lipinski definition) is 1. The van der Waals surface area contributed by atoms with Crippen LogP contribution in [0.4, 0.5) is 5.82 Å². The zero-order valence-corrected chi connectivity index (χ0v) is 12.8. The van der Waals surface area contributed by atoms with Gasteiger partial charge in [-0.3, -0.25) is 0 Å². The van der Waals surface area contributed by atoms with E-state index >= 15 is 0 Å². The molecule has 1 N–H and O–H groups in total. The molecule has 0 unspecified atom stereocenters. The molecule has 106 valence electrons. The Balaban J connectivity index is 2.59. The highest BCUT2D eigenvalue weighted by atomic mass is 15.0. The maximum Gasteiger partial charge on any atom is 0.133 e. The number of hydrogen-bond acceptors (Lipinski definition) is 3. The SMILES string of the molecule is CCCc1nc(NCC)c(C)c(-c2ccccc2C)n1. The van der Waals surface area contributed by atoms with Gasteiger partial charge in [-0.15, -0.1) is 0 Å². The summed E-state index contributed by atoms with van der Waals surface area (Å²) in [5.74, 6) is 1.89. The average molecular weight is 269 g/mol. The second-order valence-corrected chi connectivity index (χ2v) is 5.06. The molecule has 3 heteroatoms. The van der Waals surface area contributed by atoms with Gasteiger partial charge in [0.25, 0.3) is 0 Å². The summed E-state index contributed by atoms with van der Waals surface area (Å²) in [6.45, 7) is 9.34. The zero-order valence-electron chi connectivity index (χ0n) is 12.8. The molecular formula is C17H23N3. The molecule has 0 spiro atoms. The molecule has 2 rings (SSSR count). The minimum atomic E-state index is 0.872. The largest absolute Gasteiger partial charge is 0.370 e. The van der Waals surface area contributed by atoms with Crippen molar-refractivity contribution in [1.29, 1.82) is 0 Å². The Kier molecular flexibility index (Phi) is 4.72. The van der Waals surface area contributed by atoms with Gasteiger partial charge in [0.05, 0.1) is 5.69 Å². The maximum absolute atomic E-state index is 4.78. The molecule has 0 aliphatic heterocycles. The first-order valence-electron chi connectivity index (χ1n) is 7.34. The Bertz CT molecular complexity index is 591. The van der Waals surface area contributed by atoms with Crippen molar-refractivity contribution in [1.82, 2.24) is 9.97 Å². The molecule has 0 saturated heterocycles. The monoisotopic (exact) mass is 269 g/mol. The van der Waals surface area contributed by atoms with Crippen molar-refractivity contribution in [2.45, 2.75) is 40.5 Å². The third-order valence-corrected chi connectivity index (χ3v) is 3.41. The highest BCUT2D eigenvalue weighted by molar-refractivity contribution is 5.70. The molecule has 0 fully saturated rings. The maximum atomic E-state index is 4.78. The van der Waals surface area contributed by atoms with E-state index in [2.05, 4.69) is 62.3 Å². The second-order valence-electron chi connectivity index (χ2n) is 5.06. The molecule has 20 heavy (non-hydrogen) atoms. The van der Waals surface area contributed by atoms with Gasteiger partial charge in [-0.05, 0) is 32.8 Å². The topological polar surface area (TPSA) is 37.8 Å². The first-order valence-corrected chi connectivity index (χ1v) is 7.34. The Hall–Kier alpha value is -1.90. The zero-order chi connectivity index (χ0) is 14.5. The molecule has 3 nitrogen and oxygen atoms in total. The summed E-state index contributed by atoms with van der Waals surface area (Å²) in [5.41, 5.74) is 4.63. The van der Waals surface area contributed by atoms with E-state index in [-0.39, 0.29) is 0 Å². The molecule has 0 aliphatic carbocycles. The Morgan fingerprint density at radius 3 is 2.45 bits per heavy atom. The molecule has 0 radical (unpaired) electrons. The Morgan fingerprint density at radius 2 is 1.80 bits per heavy atom. The van der Waals surface area contributed by atoms with Crippen molar-refractivity contribution in [3.8, 4) is 11.3 Å². The quantitative estimate of drug-likeness (QED) is 0.886. The molecule has 1 heterocycles. The second kappa shape index (κ2) is 6.51. The van der Waals surface area contributed by atoms with Crippen LogP contribution < -0.4 is 5.32 Å². The molecular weight excluding hydrogens is 246 g/mol. The number of nitrogens with zero attached hydrogens (tertiary/aromatic N) is 2. The Labute approximate surface area is 121 Å². The molecule has 0 bridgehead atoms. The van der Waals surface area contributed by atoms with Crippen LogP contribution in [0.15, 0.2) is 24.3 Å². The molecule has 1 aromatic heterocycles. The van der Waals surface area contributed by atoms with Gasteiger partial charge in [-0.25, -0.2) is 9.97 Å². The number of benzene rings is 1. The summed E-state index contributed by atoms with van der Waals surface area (Å²) >= 11 is 0. The molecule has 0 aliphatic rings. The van der Waals surface area contributed by atoms with E-state index in [1.807, 2.05) is 0 Å². The van der Waals surface area contributed by atoms with Crippen LogP contribution in [-0.4, -0.2) is 16.5 Å². The molecule has 0 amide bonds. The third kappa shape index (κ3) is 2.98. The number of rotatable bonds is 5. The fraction of sp³-hybridized carbons (Fsp3) is 0.412. The molecule has 0 saturated carbocycles. The van der Waals surface area contributed by atoms with Gasteiger partial charge in [-0.2, -0.15) is 0 Å².